The van der Waals surface area contributed by atoms with Crippen LogP contribution in [-0.2, 0) is 14.8 Å². The van der Waals surface area contributed by atoms with Crippen LogP contribution in [0.15, 0.2) is 0 Å². The summed E-state index contributed by atoms with van der Waals surface area (Å²) in [5.74, 6) is -1.06. The number of amides is 2. The Balaban J connectivity index is 2.59. The van der Waals surface area contributed by atoms with Crippen molar-refractivity contribution in [2.45, 2.75) is 6.92 Å². The quantitative estimate of drug-likeness (QED) is 0.723. The molecule has 0 radical (unpaired) electrons. The molecule has 1 rings (SSSR count). The summed E-state index contributed by atoms with van der Waals surface area (Å²) in [6, 6.07) is -0.363. The summed E-state index contributed by atoms with van der Waals surface area (Å²) < 4.78 is 24.0. The van der Waals surface area contributed by atoms with Crippen molar-refractivity contribution in [3.63, 3.8) is 0 Å². The lowest BCUT2D eigenvalue weighted by molar-refractivity contribution is -0.137. The fourth-order valence-corrected chi connectivity index (χ4v) is 2.72. The van der Waals surface area contributed by atoms with Gasteiger partial charge in [0.25, 0.3) is 0 Å². The van der Waals surface area contributed by atoms with E-state index in [-0.39, 0.29) is 38.8 Å². The van der Waals surface area contributed by atoms with Gasteiger partial charge in [-0.05, 0) is 6.92 Å². The van der Waals surface area contributed by atoms with Gasteiger partial charge in [-0.2, -0.15) is 4.31 Å². The molecule has 19 heavy (non-hydrogen) atoms. The monoisotopic (exact) mass is 293 g/mol. The third kappa shape index (κ3) is 4.35. The van der Waals surface area contributed by atoms with Gasteiger partial charge in [0.15, 0.2) is 0 Å². The minimum absolute atomic E-state index is 0.245. The van der Waals surface area contributed by atoms with Gasteiger partial charge in [-0.3, -0.25) is 4.79 Å². The van der Waals surface area contributed by atoms with Gasteiger partial charge < -0.3 is 14.9 Å². The normalized spacial score (nSPS) is 17.3. The molecule has 1 heterocycles. The summed E-state index contributed by atoms with van der Waals surface area (Å²) in [7, 11) is -3.23. The van der Waals surface area contributed by atoms with E-state index in [9.17, 15) is 18.0 Å². The maximum absolute atomic E-state index is 12.0. The van der Waals surface area contributed by atoms with E-state index < -0.39 is 16.0 Å². The molecule has 0 aromatic carbocycles. The highest BCUT2D eigenvalue weighted by molar-refractivity contribution is 7.88. The predicted octanol–water partition coefficient (Wildman–Crippen LogP) is -0.910. The molecule has 0 atom stereocenters. The third-order valence-electron chi connectivity index (χ3n) is 2.96. The summed E-state index contributed by atoms with van der Waals surface area (Å²) in [4.78, 5) is 25.4. The van der Waals surface area contributed by atoms with Gasteiger partial charge in [-0.25, -0.2) is 13.2 Å². The van der Waals surface area contributed by atoms with Crippen molar-refractivity contribution in [1.82, 2.24) is 14.1 Å². The standard InChI is InChI=1S/C10H19N3O5S/c1-3-11(8-9(14)15)10(16)12-4-6-13(7-5-12)19(2,17)18/h3-8H2,1-2H3,(H,14,15). The van der Waals surface area contributed by atoms with Gasteiger partial charge in [0.2, 0.25) is 10.0 Å². The van der Waals surface area contributed by atoms with Crippen molar-refractivity contribution in [2.24, 2.45) is 0 Å². The average Bonchev–Trinajstić information content (AvgIpc) is 2.34. The molecule has 0 aromatic heterocycles. The minimum atomic E-state index is -3.23. The van der Waals surface area contributed by atoms with E-state index in [1.165, 1.54) is 14.1 Å². The summed E-state index contributed by atoms with van der Waals surface area (Å²) in [5, 5.41) is 8.71. The first kappa shape index (κ1) is 15.7. The number of carboxylic acid groups (broad SMARTS) is 1. The lowest BCUT2D eigenvalue weighted by Gasteiger charge is -2.35. The molecule has 0 aliphatic carbocycles. The number of carbonyl (C=O) groups is 2. The van der Waals surface area contributed by atoms with Crippen molar-refractivity contribution >= 4 is 22.0 Å². The molecular weight excluding hydrogens is 274 g/mol. The Morgan fingerprint density at radius 2 is 1.74 bits per heavy atom. The summed E-state index contributed by atoms with van der Waals surface area (Å²) in [5.41, 5.74) is 0. The molecule has 1 fully saturated rings. The van der Waals surface area contributed by atoms with E-state index >= 15 is 0 Å². The highest BCUT2D eigenvalue weighted by atomic mass is 32.2. The lowest BCUT2D eigenvalue weighted by Crippen LogP contribution is -2.54. The topological polar surface area (TPSA) is 98.2 Å². The van der Waals surface area contributed by atoms with Crippen LogP contribution in [0.4, 0.5) is 4.79 Å². The van der Waals surface area contributed by atoms with E-state index in [0.717, 1.165) is 6.26 Å². The molecule has 1 N–H and O–H groups in total. The maximum atomic E-state index is 12.0. The number of sulfonamides is 1. The Morgan fingerprint density at radius 1 is 1.21 bits per heavy atom. The molecule has 2 amide bonds. The molecule has 0 spiro atoms. The van der Waals surface area contributed by atoms with Gasteiger partial charge in [0.05, 0.1) is 6.26 Å². The van der Waals surface area contributed by atoms with Crippen LogP contribution in [0, 0.1) is 0 Å². The molecule has 0 saturated carbocycles. The van der Waals surface area contributed by atoms with Gasteiger partial charge in [0, 0.05) is 32.7 Å². The number of aliphatic carboxylic acids is 1. The zero-order valence-corrected chi connectivity index (χ0v) is 11.9. The second kappa shape index (κ2) is 6.20. The lowest BCUT2D eigenvalue weighted by atomic mass is 10.3. The van der Waals surface area contributed by atoms with Crippen LogP contribution in [0.1, 0.15) is 6.92 Å². The number of nitrogens with zero attached hydrogens (tertiary/aromatic N) is 3. The Bertz CT molecular complexity index is 442. The Hall–Kier alpha value is -1.35. The van der Waals surface area contributed by atoms with Crippen molar-refractivity contribution < 1.29 is 23.1 Å². The van der Waals surface area contributed by atoms with Crippen molar-refractivity contribution in [3.8, 4) is 0 Å². The molecule has 0 bridgehead atoms. The van der Waals surface area contributed by atoms with Crippen LogP contribution in [0.2, 0.25) is 0 Å². The van der Waals surface area contributed by atoms with Crippen molar-refractivity contribution in [2.75, 3.05) is 45.5 Å². The first-order chi connectivity index (χ1) is 8.75. The van der Waals surface area contributed by atoms with Crippen LogP contribution >= 0.6 is 0 Å². The molecule has 0 aromatic rings. The maximum Gasteiger partial charge on any atom is 0.323 e. The summed E-state index contributed by atoms with van der Waals surface area (Å²) >= 11 is 0. The van der Waals surface area contributed by atoms with Gasteiger partial charge in [0.1, 0.15) is 6.54 Å². The van der Waals surface area contributed by atoms with Gasteiger partial charge in [-0.15, -0.1) is 0 Å². The Morgan fingerprint density at radius 3 is 2.11 bits per heavy atom. The van der Waals surface area contributed by atoms with Gasteiger partial charge >= 0.3 is 12.0 Å². The van der Waals surface area contributed by atoms with E-state index in [1.54, 1.807) is 6.92 Å². The SMILES string of the molecule is CCN(CC(=O)O)C(=O)N1CCN(S(C)(=O)=O)CC1. The zero-order valence-electron chi connectivity index (χ0n) is 11.1. The average molecular weight is 293 g/mol. The molecule has 9 heteroatoms. The van der Waals surface area contributed by atoms with E-state index in [2.05, 4.69) is 0 Å². The van der Waals surface area contributed by atoms with E-state index in [0.29, 0.717) is 6.54 Å². The molecule has 110 valence electrons. The first-order valence-electron chi connectivity index (χ1n) is 5.96. The number of rotatable bonds is 4. The molecule has 0 unspecified atom stereocenters. The second-order valence-electron chi connectivity index (χ2n) is 4.34. The van der Waals surface area contributed by atoms with Crippen LogP contribution in [0.3, 0.4) is 0 Å². The summed E-state index contributed by atoms with van der Waals surface area (Å²) in [6.45, 7) is 2.71. The smallest absolute Gasteiger partial charge is 0.323 e. The molecule has 8 nitrogen and oxygen atoms in total. The zero-order chi connectivity index (χ0) is 14.6. The van der Waals surface area contributed by atoms with Crippen LogP contribution < -0.4 is 0 Å². The number of carboxylic acids is 1. The predicted molar refractivity (Wildman–Crippen MR) is 68.3 cm³/mol. The van der Waals surface area contributed by atoms with E-state index in [4.69, 9.17) is 5.11 Å². The Kier molecular flexibility index (Phi) is 5.12. The minimum Gasteiger partial charge on any atom is -0.480 e. The van der Waals surface area contributed by atoms with Crippen molar-refractivity contribution in [3.05, 3.63) is 0 Å². The fourth-order valence-electron chi connectivity index (χ4n) is 1.89. The van der Waals surface area contributed by atoms with Crippen LogP contribution in [0.25, 0.3) is 0 Å². The number of likely N-dealkylation sites (N-methyl/N-ethyl adjacent to an activating group) is 1. The molecular formula is C10H19N3O5S. The third-order valence-corrected chi connectivity index (χ3v) is 4.26. The number of piperazine rings is 1. The molecule has 1 aliphatic heterocycles. The Labute approximate surface area is 112 Å². The largest absolute Gasteiger partial charge is 0.480 e. The van der Waals surface area contributed by atoms with Crippen LogP contribution in [-0.4, -0.2) is 85.2 Å². The number of hydrogen-bond donors (Lipinski definition) is 1. The molecule has 1 saturated heterocycles. The van der Waals surface area contributed by atoms with Gasteiger partial charge in [-0.1, -0.05) is 0 Å². The van der Waals surface area contributed by atoms with E-state index in [1.807, 2.05) is 0 Å². The fraction of sp³-hybridized carbons (Fsp3) is 0.800. The van der Waals surface area contributed by atoms with Crippen molar-refractivity contribution in [1.29, 1.82) is 0 Å². The summed E-state index contributed by atoms with van der Waals surface area (Å²) in [6.07, 6.45) is 1.13. The molecule has 1 aliphatic rings. The van der Waals surface area contributed by atoms with Crippen LogP contribution in [0.5, 0.6) is 0 Å². The number of carbonyl (C=O) groups excluding carboxylic acids is 1. The first-order valence-corrected chi connectivity index (χ1v) is 7.81. The highest BCUT2D eigenvalue weighted by Gasteiger charge is 2.28. The second-order valence-corrected chi connectivity index (χ2v) is 6.32. The number of hydrogen-bond acceptors (Lipinski definition) is 4. The number of urea groups is 1. The highest BCUT2D eigenvalue weighted by Crippen LogP contribution is 2.08.